The van der Waals surface area contributed by atoms with Crippen LogP contribution >= 0.6 is 0 Å². The van der Waals surface area contributed by atoms with Gasteiger partial charge in [-0.25, -0.2) is 4.39 Å². The first kappa shape index (κ1) is 11.0. The summed E-state index contributed by atoms with van der Waals surface area (Å²) in [5.74, 6) is -0.180. The zero-order valence-corrected chi connectivity index (χ0v) is 10.2. The summed E-state index contributed by atoms with van der Waals surface area (Å²) in [5, 5.41) is 1.22. The van der Waals surface area contributed by atoms with Gasteiger partial charge in [-0.15, -0.1) is 0 Å². The minimum atomic E-state index is -0.180. The maximum absolute atomic E-state index is 13.2. The van der Waals surface area contributed by atoms with E-state index in [-0.39, 0.29) is 5.82 Å². The SMILES string of the molecule is Cc1ccc2ccn(Cc3cccc(F)c3)c2c1. The summed E-state index contributed by atoms with van der Waals surface area (Å²) in [6, 6.07) is 15.2. The maximum Gasteiger partial charge on any atom is 0.123 e. The van der Waals surface area contributed by atoms with Crippen LogP contribution in [0.25, 0.3) is 10.9 Å². The highest BCUT2D eigenvalue weighted by Crippen LogP contribution is 2.19. The van der Waals surface area contributed by atoms with Crippen molar-refractivity contribution in [1.82, 2.24) is 4.57 Å². The van der Waals surface area contributed by atoms with E-state index in [1.54, 1.807) is 12.1 Å². The molecule has 18 heavy (non-hydrogen) atoms. The third kappa shape index (κ3) is 2.02. The first-order valence-electron chi connectivity index (χ1n) is 6.02. The molecule has 0 amide bonds. The summed E-state index contributed by atoms with van der Waals surface area (Å²) in [5.41, 5.74) is 3.41. The van der Waals surface area contributed by atoms with Crippen LogP contribution in [0.5, 0.6) is 0 Å². The van der Waals surface area contributed by atoms with Crippen LogP contribution in [-0.2, 0) is 6.54 Å². The third-order valence-electron chi connectivity index (χ3n) is 3.17. The van der Waals surface area contributed by atoms with Gasteiger partial charge in [0.25, 0.3) is 0 Å². The van der Waals surface area contributed by atoms with Crippen molar-refractivity contribution in [3.8, 4) is 0 Å². The second-order valence-electron chi connectivity index (χ2n) is 4.64. The standard InChI is InChI=1S/C16H14FN/c1-12-5-6-14-7-8-18(16(14)9-12)11-13-3-2-4-15(17)10-13/h2-10H,11H2,1H3. The molecule has 0 saturated carbocycles. The lowest BCUT2D eigenvalue weighted by Gasteiger charge is -2.06. The number of nitrogens with zero attached hydrogens (tertiary/aromatic N) is 1. The summed E-state index contributed by atoms with van der Waals surface area (Å²) < 4.78 is 15.3. The van der Waals surface area contributed by atoms with E-state index in [1.165, 1.54) is 22.5 Å². The van der Waals surface area contributed by atoms with E-state index in [4.69, 9.17) is 0 Å². The van der Waals surface area contributed by atoms with Gasteiger partial charge in [-0.05, 0) is 47.7 Å². The van der Waals surface area contributed by atoms with Gasteiger partial charge in [0.1, 0.15) is 5.82 Å². The first-order chi connectivity index (χ1) is 8.72. The Bertz CT molecular complexity index is 697. The van der Waals surface area contributed by atoms with Crippen molar-refractivity contribution >= 4 is 10.9 Å². The molecule has 0 unspecified atom stereocenters. The van der Waals surface area contributed by atoms with Gasteiger partial charge < -0.3 is 4.57 Å². The second kappa shape index (κ2) is 4.30. The Morgan fingerprint density at radius 3 is 2.78 bits per heavy atom. The minimum absolute atomic E-state index is 0.180. The zero-order chi connectivity index (χ0) is 12.5. The minimum Gasteiger partial charge on any atom is -0.343 e. The van der Waals surface area contributed by atoms with Gasteiger partial charge in [0, 0.05) is 18.3 Å². The highest BCUT2D eigenvalue weighted by Gasteiger charge is 2.02. The van der Waals surface area contributed by atoms with Gasteiger partial charge in [0.2, 0.25) is 0 Å². The molecule has 0 saturated heterocycles. The van der Waals surface area contributed by atoms with Gasteiger partial charge in [0.15, 0.2) is 0 Å². The zero-order valence-electron chi connectivity index (χ0n) is 10.2. The van der Waals surface area contributed by atoms with Crippen LogP contribution < -0.4 is 0 Å². The molecule has 0 bridgehead atoms. The maximum atomic E-state index is 13.2. The number of aromatic nitrogens is 1. The number of hydrogen-bond acceptors (Lipinski definition) is 0. The van der Waals surface area contributed by atoms with E-state index in [0.29, 0.717) is 6.54 Å². The summed E-state index contributed by atoms with van der Waals surface area (Å²) >= 11 is 0. The molecule has 0 N–H and O–H groups in total. The fourth-order valence-electron chi connectivity index (χ4n) is 2.26. The average Bonchev–Trinajstić information content (AvgIpc) is 2.72. The Morgan fingerprint density at radius 1 is 1.06 bits per heavy atom. The van der Waals surface area contributed by atoms with Crippen molar-refractivity contribution in [2.45, 2.75) is 13.5 Å². The lowest BCUT2D eigenvalue weighted by atomic mass is 10.2. The molecular weight excluding hydrogens is 225 g/mol. The molecule has 2 aromatic carbocycles. The molecule has 0 aliphatic carbocycles. The normalized spacial score (nSPS) is 11.0. The molecule has 0 aliphatic heterocycles. The van der Waals surface area contributed by atoms with Gasteiger partial charge >= 0.3 is 0 Å². The number of rotatable bonds is 2. The van der Waals surface area contributed by atoms with Crippen molar-refractivity contribution < 1.29 is 4.39 Å². The Labute approximate surface area is 105 Å². The van der Waals surface area contributed by atoms with Crippen molar-refractivity contribution in [3.05, 3.63) is 71.7 Å². The van der Waals surface area contributed by atoms with Crippen LogP contribution in [0.3, 0.4) is 0 Å². The van der Waals surface area contributed by atoms with E-state index in [0.717, 1.165) is 5.56 Å². The second-order valence-corrected chi connectivity index (χ2v) is 4.64. The van der Waals surface area contributed by atoms with E-state index in [9.17, 15) is 4.39 Å². The average molecular weight is 239 g/mol. The highest BCUT2D eigenvalue weighted by atomic mass is 19.1. The third-order valence-corrected chi connectivity index (χ3v) is 3.17. The monoisotopic (exact) mass is 239 g/mol. The topological polar surface area (TPSA) is 4.93 Å². The van der Waals surface area contributed by atoms with Crippen LogP contribution in [0.1, 0.15) is 11.1 Å². The van der Waals surface area contributed by atoms with E-state index >= 15 is 0 Å². The molecule has 1 nitrogen and oxygen atoms in total. The lowest BCUT2D eigenvalue weighted by molar-refractivity contribution is 0.624. The quantitative estimate of drug-likeness (QED) is 0.633. The molecule has 3 aromatic rings. The van der Waals surface area contributed by atoms with E-state index < -0.39 is 0 Å². The van der Waals surface area contributed by atoms with Crippen LogP contribution in [0.2, 0.25) is 0 Å². The fourth-order valence-corrected chi connectivity index (χ4v) is 2.26. The molecule has 1 heterocycles. The number of benzene rings is 2. The van der Waals surface area contributed by atoms with Crippen molar-refractivity contribution in [2.24, 2.45) is 0 Å². The number of halogens is 1. The summed E-state index contributed by atoms with van der Waals surface area (Å²) in [7, 11) is 0. The van der Waals surface area contributed by atoms with Crippen LogP contribution in [0.15, 0.2) is 54.7 Å². The summed E-state index contributed by atoms with van der Waals surface area (Å²) in [6.07, 6.45) is 2.05. The molecule has 2 heteroatoms. The Morgan fingerprint density at radius 2 is 1.94 bits per heavy atom. The Kier molecular flexibility index (Phi) is 2.63. The first-order valence-corrected chi connectivity index (χ1v) is 6.02. The van der Waals surface area contributed by atoms with Crippen LogP contribution in [-0.4, -0.2) is 4.57 Å². The molecular formula is C16H14FN. The van der Waals surface area contributed by atoms with Crippen LogP contribution in [0, 0.1) is 12.7 Å². The Hall–Kier alpha value is -2.09. The number of fused-ring (bicyclic) bond motifs is 1. The van der Waals surface area contributed by atoms with Crippen molar-refractivity contribution in [2.75, 3.05) is 0 Å². The number of aryl methyl sites for hydroxylation is 1. The van der Waals surface area contributed by atoms with Crippen molar-refractivity contribution in [3.63, 3.8) is 0 Å². The largest absolute Gasteiger partial charge is 0.343 e. The molecule has 0 aliphatic rings. The summed E-state index contributed by atoms with van der Waals surface area (Å²) in [6.45, 7) is 2.78. The predicted molar refractivity (Wildman–Crippen MR) is 72.2 cm³/mol. The van der Waals surface area contributed by atoms with Gasteiger partial charge in [0.05, 0.1) is 0 Å². The highest BCUT2D eigenvalue weighted by molar-refractivity contribution is 5.80. The number of hydrogen-bond donors (Lipinski definition) is 0. The molecule has 90 valence electrons. The van der Waals surface area contributed by atoms with Crippen LogP contribution in [0.4, 0.5) is 4.39 Å². The molecule has 0 spiro atoms. The molecule has 0 atom stereocenters. The van der Waals surface area contributed by atoms with Gasteiger partial charge in [-0.1, -0.05) is 24.3 Å². The van der Waals surface area contributed by atoms with Gasteiger partial charge in [-0.2, -0.15) is 0 Å². The van der Waals surface area contributed by atoms with E-state index in [2.05, 4.69) is 42.0 Å². The summed E-state index contributed by atoms with van der Waals surface area (Å²) in [4.78, 5) is 0. The van der Waals surface area contributed by atoms with Crippen molar-refractivity contribution in [1.29, 1.82) is 0 Å². The lowest BCUT2D eigenvalue weighted by Crippen LogP contribution is -1.98. The molecule has 3 rings (SSSR count). The molecule has 0 radical (unpaired) electrons. The van der Waals surface area contributed by atoms with E-state index in [1.807, 2.05) is 6.07 Å². The predicted octanol–water partition coefficient (Wildman–Crippen LogP) is 4.14. The molecule has 1 aromatic heterocycles. The Balaban J connectivity index is 2.02. The fraction of sp³-hybridized carbons (Fsp3) is 0.125. The van der Waals surface area contributed by atoms with Gasteiger partial charge in [-0.3, -0.25) is 0 Å². The smallest absolute Gasteiger partial charge is 0.123 e. The molecule has 0 fully saturated rings.